The first-order chi connectivity index (χ1) is 14.6. The lowest BCUT2D eigenvalue weighted by Gasteiger charge is -2.40. The van der Waals surface area contributed by atoms with Crippen LogP contribution >= 0.6 is 11.6 Å². The summed E-state index contributed by atoms with van der Waals surface area (Å²) in [6, 6.07) is 10.9. The van der Waals surface area contributed by atoms with Crippen LogP contribution in [0.5, 0.6) is 5.75 Å². The molecule has 4 N–H and O–H groups in total. The molecule has 3 rings (SSSR count). The number of alkyl halides is 3. The summed E-state index contributed by atoms with van der Waals surface area (Å²) in [5.74, 6) is 0.0854. The Hall–Kier alpha value is -1.88. The van der Waals surface area contributed by atoms with Gasteiger partial charge in [0.2, 0.25) is 0 Å². The zero-order valence-electron chi connectivity index (χ0n) is 16.2. The molecular formula is C21H22ClF3O6. The van der Waals surface area contributed by atoms with Gasteiger partial charge in [0, 0.05) is 5.02 Å². The molecule has 0 radical (unpaired) electrons. The minimum absolute atomic E-state index is 0.0854. The molecule has 1 fully saturated rings. The third-order valence-electron chi connectivity index (χ3n) is 5.01. The highest BCUT2D eigenvalue weighted by Crippen LogP contribution is 2.34. The fourth-order valence-corrected chi connectivity index (χ4v) is 3.56. The zero-order chi connectivity index (χ0) is 22.8. The SMILES string of the molecule is OC[C@H]1O[C@@H](c2ccc(Cl)c(Cc3ccc(OCC(F)(F)F)cc3)c2)[C@H](O)[C@@H](O)[C@@H]1O. The van der Waals surface area contributed by atoms with Crippen LogP contribution < -0.4 is 4.74 Å². The van der Waals surface area contributed by atoms with Crippen LogP contribution in [0.2, 0.25) is 5.02 Å². The highest BCUT2D eigenvalue weighted by atomic mass is 35.5. The van der Waals surface area contributed by atoms with Gasteiger partial charge in [-0.3, -0.25) is 0 Å². The van der Waals surface area contributed by atoms with Crippen LogP contribution in [0.1, 0.15) is 22.8 Å². The maximum Gasteiger partial charge on any atom is 0.422 e. The van der Waals surface area contributed by atoms with E-state index in [4.69, 9.17) is 16.3 Å². The van der Waals surface area contributed by atoms with E-state index in [1.54, 1.807) is 30.3 Å². The molecule has 2 aromatic rings. The van der Waals surface area contributed by atoms with Crippen molar-refractivity contribution in [3.63, 3.8) is 0 Å². The summed E-state index contributed by atoms with van der Waals surface area (Å²) >= 11 is 6.28. The standard InChI is InChI=1S/C21H22ClF3O6/c22-15-6-3-12(20-19(29)18(28)17(27)16(9-26)31-20)8-13(15)7-11-1-4-14(5-2-11)30-10-21(23,24)25/h1-6,8,16-20,26-29H,7,9-10H2/t16-,17-,18+,19-,20+/m1/s1. The highest BCUT2D eigenvalue weighted by Gasteiger charge is 2.44. The van der Waals surface area contributed by atoms with Crippen molar-refractivity contribution in [3.8, 4) is 5.75 Å². The molecule has 0 spiro atoms. The lowest BCUT2D eigenvalue weighted by Crippen LogP contribution is -2.55. The first-order valence-corrected chi connectivity index (χ1v) is 9.84. The summed E-state index contributed by atoms with van der Waals surface area (Å²) in [6.07, 6.45) is -10.5. The fraction of sp³-hybridized carbons (Fsp3) is 0.429. The minimum Gasteiger partial charge on any atom is -0.484 e. The lowest BCUT2D eigenvalue weighted by atomic mass is 9.90. The van der Waals surface area contributed by atoms with Crippen molar-refractivity contribution < 1.29 is 43.1 Å². The summed E-state index contributed by atoms with van der Waals surface area (Å²) in [7, 11) is 0. The molecule has 1 saturated heterocycles. The molecule has 10 heteroatoms. The van der Waals surface area contributed by atoms with Crippen LogP contribution in [0.25, 0.3) is 0 Å². The average molecular weight is 463 g/mol. The summed E-state index contributed by atoms with van der Waals surface area (Å²) in [5.41, 5.74) is 1.90. The molecule has 0 saturated carbocycles. The minimum atomic E-state index is -4.42. The van der Waals surface area contributed by atoms with Crippen LogP contribution in [-0.4, -0.2) is 64.2 Å². The first-order valence-electron chi connectivity index (χ1n) is 9.46. The largest absolute Gasteiger partial charge is 0.484 e. The molecule has 1 heterocycles. The topological polar surface area (TPSA) is 99.4 Å². The smallest absolute Gasteiger partial charge is 0.422 e. The van der Waals surface area contributed by atoms with E-state index in [-0.39, 0.29) is 5.75 Å². The second-order valence-electron chi connectivity index (χ2n) is 7.32. The van der Waals surface area contributed by atoms with Gasteiger partial charge in [0.05, 0.1) is 6.61 Å². The van der Waals surface area contributed by atoms with Crippen LogP contribution in [0.4, 0.5) is 13.2 Å². The number of hydrogen-bond acceptors (Lipinski definition) is 6. The van der Waals surface area contributed by atoms with Crippen molar-refractivity contribution in [2.45, 2.75) is 43.1 Å². The van der Waals surface area contributed by atoms with Crippen LogP contribution in [0.3, 0.4) is 0 Å². The van der Waals surface area contributed by atoms with E-state index in [0.717, 1.165) is 5.56 Å². The number of ether oxygens (including phenoxy) is 2. The van der Waals surface area contributed by atoms with Crippen molar-refractivity contribution in [1.29, 1.82) is 0 Å². The van der Waals surface area contributed by atoms with Gasteiger partial charge in [0.25, 0.3) is 0 Å². The fourth-order valence-electron chi connectivity index (χ4n) is 3.37. The monoisotopic (exact) mass is 462 g/mol. The predicted molar refractivity (Wildman–Crippen MR) is 105 cm³/mol. The number of halogens is 4. The summed E-state index contributed by atoms with van der Waals surface area (Å²) < 4.78 is 47.0. The van der Waals surface area contributed by atoms with E-state index >= 15 is 0 Å². The molecule has 31 heavy (non-hydrogen) atoms. The molecule has 5 atom stereocenters. The van der Waals surface area contributed by atoms with Gasteiger partial charge in [-0.2, -0.15) is 13.2 Å². The number of hydrogen-bond donors (Lipinski definition) is 4. The molecule has 0 amide bonds. The average Bonchev–Trinajstić information content (AvgIpc) is 2.73. The van der Waals surface area contributed by atoms with Gasteiger partial charge in [0.1, 0.15) is 36.3 Å². The molecule has 6 nitrogen and oxygen atoms in total. The third kappa shape index (κ3) is 5.88. The first kappa shape index (κ1) is 23.8. The third-order valence-corrected chi connectivity index (χ3v) is 5.38. The zero-order valence-corrected chi connectivity index (χ0v) is 16.9. The Bertz CT molecular complexity index is 874. The maximum absolute atomic E-state index is 12.3. The van der Waals surface area contributed by atoms with E-state index < -0.39 is 49.9 Å². The van der Waals surface area contributed by atoms with E-state index in [2.05, 4.69) is 4.74 Å². The Kier molecular flexibility index (Phi) is 7.46. The second kappa shape index (κ2) is 9.72. The van der Waals surface area contributed by atoms with Crippen molar-refractivity contribution in [2.75, 3.05) is 13.2 Å². The van der Waals surface area contributed by atoms with Crippen molar-refractivity contribution in [1.82, 2.24) is 0 Å². The quantitative estimate of drug-likeness (QED) is 0.526. The molecule has 1 aliphatic heterocycles. The second-order valence-corrected chi connectivity index (χ2v) is 7.73. The molecule has 0 aliphatic carbocycles. The molecule has 2 aromatic carbocycles. The summed E-state index contributed by atoms with van der Waals surface area (Å²) in [4.78, 5) is 0. The van der Waals surface area contributed by atoms with Gasteiger partial charge in [-0.15, -0.1) is 0 Å². The van der Waals surface area contributed by atoms with Crippen molar-refractivity contribution in [3.05, 3.63) is 64.2 Å². The molecule has 0 aromatic heterocycles. The Labute approximate surface area is 181 Å². The number of benzene rings is 2. The van der Waals surface area contributed by atoms with Gasteiger partial charge < -0.3 is 29.9 Å². The lowest BCUT2D eigenvalue weighted by molar-refractivity contribution is -0.231. The number of rotatable bonds is 6. The van der Waals surface area contributed by atoms with Gasteiger partial charge in [-0.05, 0) is 41.3 Å². The maximum atomic E-state index is 12.3. The highest BCUT2D eigenvalue weighted by molar-refractivity contribution is 6.31. The summed E-state index contributed by atoms with van der Waals surface area (Å²) in [5, 5.41) is 40.0. The van der Waals surface area contributed by atoms with E-state index in [1.165, 1.54) is 12.1 Å². The molecule has 170 valence electrons. The normalized spacial score (nSPS) is 26.6. The van der Waals surface area contributed by atoms with Crippen LogP contribution in [0.15, 0.2) is 42.5 Å². The van der Waals surface area contributed by atoms with Gasteiger partial charge >= 0.3 is 6.18 Å². The summed E-state index contributed by atoms with van der Waals surface area (Å²) in [6.45, 7) is -1.91. The Morgan fingerprint density at radius 2 is 1.65 bits per heavy atom. The van der Waals surface area contributed by atoms with Crippen molar-refractivity contribution >= 4 is 11.6 Å². The van der Waals surface area contributed by atoms with Crippen molar-refractivity contribution in [2.24, 2.45) is 0 Å². The van der Waals surface area contributed by atoms with Gasteiger partial charge in [-0.25, -0.2) is 0 Å². The van der Waals surface area contributed by atoms with Crippen LogP contribution in [0, 0.1) is 0 Å². The Morgan fingerprint density at radius 3 is 2.26 bits per heavy atom. The Morgan fingerprint density at radius 1 is 0.968 bits per heavy atom. The van der Waals surface area contributed by atoms with Crippen LogP contribution in [-0.2, 0) is 11.2 Å². The number of aliphatic hydroxyl groups is 4. The van der Waals surface area contributed by atoms with E-state index in [1.807, 2.05) is 0 Å². The molecule has 0 bridgehead atoms. The van der Waals surface area contributed by atoms with Gasteiger partial charge in [0.15, 0.2) is 6.61 Å². The Balaban J connectivity index is 1.75. The van der Waals surface area contributed by atoms with E-state index in [0.29, 0.717) is 22.6 Å². The molecular weight excluding hydrogens is 441 g/mol. The number of aliphatic hydroxyl groups excluding tert-OH is 4. The molecule has 1 aliphatic rings. The predicted octanol–water partition coefficient (Wildman–Crippen LogP) is 2.39. The molecule has 0 unspecified atom stereocenters. The van der Waals surface area contributed by atoms with Gasteiger partial charge in [-0.1, -0.05) is 35.9 Å². The van der Waals surface area contributed by atoms with E-state index in [9.17, 15) is 33.6 Å².